The topological polar surface area (TPSA) is 48.5 Å². The highest BCUT2D eigenvalue weighted by Crippen LogP contribution is 2.32. The van der Waals surface area contributed by atoms with E-state index in [9.17, 15) is 4.79 Å². The Labute approximate surface area is 169 Å². The molecule has 0 fully saturated rings. The molecule has 28 heavy (non-hydrogen) atoms. The van der Waals surface area contributed by atoms with Crippen LogP contribution in [-0.2, 0) is 6.54 Å². The van der Waals surface area contributed by atoms with Gasteiger partial charge in [-0.15, -0.1) is 11.8 Å². The molecule has 5 nitrogen and oxygen atoms in total. The quantitative estimate of drug-likeness (QED) is 0.646. The molecule has 2 aromatic carbocycles. The third kappa shape index (κ3) is 3.97. The normalized spacial score (nSPS) is 13.2. The second kappa shape index (κ2) is 8.35. The van der Waals surface area contributed by atoms with Crippen molar-refractivity contribution in [2.45, 2.75) is 11.4 Å². The Morgan fingerprint density at radius 3 is 2.75 bits per heavy atom. The first-order chi connectivity index (χ1) is 13.7. The molecule has 3 aromatic rings. The van der Waals surface area contributed by atoms with Crippen molar-refractivity contribution in [3.8, 4) is 0 Å². The minimum absolute atomic E-state index is 0.133. The third-order valence-corrected chi connectivity index (χ3v) is 5.46. The number of urea groups is 1. The van der Waals surface area contributed by atoms with Gasteiger partial charge in [-0.05, 0) is 42.2 Å². The van der Waals surface area contributed by atoms with Crippen LogP contribution in [0.3, 0.4) is 0 Å². The Bertz CT molecular complexity index is 964. The molecule has 0 aliphatic carbocycles. The van der Waals surface area contributed by atoms with Gasteiger partial charge in [0, 0.05) is 36.4 Å². The van der Waals surface area contributed by atoms with Crippen LogP contribution in [0, 0.1) is 0 Å². The SMILES string of the molecule is CSc1cccc(NC(=O)N2CCN(Cc3ccccc3)c3ncccc32)c1. The van der Waals surface area contributed by atoms with Crippen LogP contribution in [0.4, 0.5) is 22.0 Å². The van der Waals surface area contributed by atoms with Crippen LogP contribution in [0.5, 0.6) is 0 Å². The van der Waals surface area contributed by atoms with Gasteiger partial charge < -0.3 is 10.2 Å². The fourth-order valence-corrected chi connectivity index (χ4v) is 3.81. The van der Waals surface area contributed by atoms with E-state index in [1.165, 1.54) is 5.56 Å². The van der Waals surface area contributed by atoms with Gasteiger partial charge in [-0.25, -0.2) is 9.78 Å². The van der Waals surface area contributed by atoms with E-state index < -0.39 is 0 Å². The maximum atomic E-state index is 13.0. The molecule has 2 amide bonds. The highest BCUT2D eigenvalue weighted by Gasteiger charge is 2.27. The number of benzene rings is 2. The monoisotopic (exact) mass is 390 g/mol. The number of thioether (sulfide) groups is 1. The molecular formula is C22H22N4OS. The number of carbonyl (C=O) groups is 1. The van der Waals surface area contributed by atoms with Gasteiger partial charge in [0.15, 0.2) is 5.82 Å². The van der Waals surface area contributed by atoms with E-state index in [0.717, 1.165) is 35.2 Å². The van der Waals surface area contributed by atoms with E-state index in [-0.39, 0.29) is 6.03 Å². The Hall–Kier alpha value is -2.99. The van der Waals surface area contributed by atoms with E-state index in [2.05, 4.69) is 27.3 Å². The largest absolute Gasteiger partial charge is 0.349 e. The molecule has 1 aliphatic rings. The lowest BCUT2D eigenvalue weighted by Gasteiger charge is -2.36. The summed E-state index contributed by atoms with van der Waals surface area (Å²) in [5.41, 5.74) is 2.86. The number of amides is 2. The zero-order valence-electron chi connectivity index (χ0n) is 15.7. The number of fused-ring (bicyclic) bond motifs is 1. The van der Waals surface area contributed by atoms with Crippen molar-refractivity contribution in [2.24, 2.45) is 0 Å². The Morgan fingerprint density at radius 1 is 1.07 bits per heavy atom. The highest BCUT2D eigenvalue weighted by molar-refractivity contribution is 7.98. The van der Waals surface area contributed by atoms with E-state index in [4.69, 9.17) is 0 Å². The summed E-state index contributed by atoms with van der Waals surface area (Å²) >= 11 is 1.65. The summed E-state index contributed by atoms with van der Waals surface area (Å²) in [6, 6.07) is 21.9. The fraction of sp³-hybridized carbons (Fsp3) is 0.182. The molecule has 0 spiro atoms. The van der Waals surface area contributed by atoms with Crippen molar-refractivity contribution in [3.05, 3.63) is 78.5 Å². The van der Waals surface area contributed by atoms with Crippen LogP contribution in [-0.4, -0.2) is 30.4 Å². The molecule has 4 rings (SSSR count). The van der Waals surface area contributed by atoms with Crippen molar-refractivity contribution in [3.63, 3.8) is 0 Å². The van der Waals surface area contributed by atoms with Gasteiger partial charge in [0.2, 0.25) is 0 Å². The molecule has 0 saturated carbocycles. The standard InChI is InChI=1S/C22H22N4OS/c1-28-19-10-5-9-18(15-19)24-22(27)26-14-13-25(16-17-7-3-2-4-8-17)21-20(26)11-6-12-23-21/h2-12,15H,13-14,16H2,1H3,(H,24,27). The summed E-state index contributed by atoms with van der Waals surface area (Å²) in [6.07, 6.45) is 3.80. The molecule has 142 valence electrons. The molecule has 0 unspecified atom stereocenters. The smallest absolute Gasteiger partial charge is 0.326 e. The summed E-state index contributed by atoms with van der Waals surface area (Å²) in [4.78, 5) is 22.6. The van der Waals surface area contributed by atoms with Crippen molar-refractivity contribution < 1.29 is 4.79 Å². The van der Waals surface area contributed by atoms with Gasteiger partial charge in [0.05, 0.1) is 5.69 Å². The molecule has 0 atom stereocenters. The van der Waals surface area contributed by atoms with Crippen molar-refractivity contribution in [2.75, 3.05) is 34.5 Å². The van der Waals surface area contributed by atoms with Gasteiger partial charge in [-0.1, -0.05) is 36.4 Å². The molecule has 1 aliphatic heterocycles. The van der Waals surface area contributed by atoms with Gasteiger partial charge in [-0.2, -0.15) is 0 Å². The third-order valence-electron chi connectivity index (χ3n) is 4.73. The fourth-order valence-electron chi connectivity index (χ4n) is 3.35. The minimum Gasteiger partial charge on any atom is -0.349 e. The maximum Gasteiger partial charge on any atom is 0.326 e. The Morgan fingerprint density at radius 2 is 1.93 bits per heavy atom. The first-order valence-corrected chi connectivity index (χ1v) is 10.4. The molecule has 0 bridgehead atoms. The second-order valence-electron chi connectivity index (χ2n) is 6.57. The van der Waals surface area contributed by atoms with Crippen molar-refractivity contribution in [1.29, 1.82) is 0 Å². The summed E-state index contributed by atoms with van der Waals surface area (Å²) in [5, 5.41) is 3.02. The number of nitrogens with one attached hydrogen (secondary N) is 1. The Balaban J connectivity index is 1.55. The zero-order valence-corrected chi connectivity index (χ0v) is 16.5. The number of aromatic nitrogens is 1. The number of carbonyl (C=O) groups excluding carboxylic acids is 1. The average Bonchev–Trinajstić information content (AvgIpc) is 2.75. The molecule has 6 heteroatoms. The first-order valence-electron chi connectivity index (χ1n) is 9.21. The molecule has 0 radical (unpaired) electrons. The van der Waals surface area contributed by atoms with Crippen LogP contribution in [0.2, 0.25) is 0 Å². The minimum atomic E-state index is -0.133. The number of hydrogen-bond acceptors (Lipinski definition) is 4. The van der Waals surface area contributed by atoms with Crippen LogP contribution < -0.4 is 15.1 Å². The first kappa shape index (κ1) is 18.4. The van der Waals surface area contributed by atoms with Gasteiger partial charge >= 0.3 is 6.03 Å². The van der Waals surface area contributed by atoms with Gasteiger partial charge in [-0.3, -0.25) is 4.90 Å². The maximum absolute atomic E-state index is 13.0. The lowest BCUT2D eigenvalue weighted by Crippen LogP contribution is -2.46. The van der Waals surface area contributed by atoms with E-state index >= 15 is 0 Å². The van der Waals surface area contributed by atoms with Crippen LogP contribution >= 0.6 is 11.8 Å². The number of anilines is 3. The predicted octanol–water partition coefficient (Wildman–Crippen LogP) is 4.86. The summed E-state index contributed by atoms with van der Waals surface area (Å²) in [6.45, 7) is 2.12. The van der Waals surface area contributed by atoms with Gasteiger partial charge in [0.1, 0.15) is 0 Å². The Kier molecular flexibility index (Phi) is 5.48. The molecule has 1 N–H and O–H groups in total. The van der Waals surface area contributed by atoms with Crippen LogP contribution in [0.1, 0.15) is 5.56 Å². The van der Waals surface area contributed by atoms with Crippen LogP contribution in [0.15, 0.2) is 77.8 Å². The van der Waals surface area contributed by atoms with E-state index in [0.29, 0.717) is 6.54 Å². The number of rotatable bonds is 4. The second-order valence-corrected chi connectivity index (χ2v) is 7.45. The molecule has 2 heterocycles. The van der Waals surface area contributed by atoms with Gasteiger partial charge in [0.25, 0.3) is 0 Å². The molecule has 1 aromatic heterocycles. The van der Waals surface area contributed by atoms with Crippen LogP contribution in [0.25, 0.3) is 0 Å². The lowest BCUT2D eigenvalue weighted by atomic mass is 10.2. The zero-order chi connectivity index (χ0) is 19.3. The van der Waals surface area contributed by atoms with Crippen molar-refractivity contribution in [1.82, 2.24) is 4.98 Å². The number of pyridine rings is 1. The van der Waals surface area contributed by atoms with E-state index in [1.807, 2.05) is 60.9 Å². The lowest BCUT2D eigenvalue weighted by molar-refractivity contribution is 0.256. The summed E-state index contributed by atoms with van der Waals surface area (Å²) in [5.74, 6) is 0.839. The van der Waals surface area contributed by atoms with Crippen molar-refractivity contribution >= 4 is 35.0 Å². The summed E-state index contributed by atoms with van der Waals surface area (Å²) in [7, 11) is 0. The molecule has 0 saturated heterocycles. The number of hydrogen-bond donors (Lipinski definition) is 1. The highest BCUT2D eigenvalue weighted by atomic mass is 32.2. The number of nitrogens with zero attached hydrogens (tertiary/aromatic N) is 3. The molecular weight excluding hydrogens is 368 g/mol. The summed E-state index contributed by atoms with van der Waals surface area (Å²) < 4.78 is 0. The average molecular weight is 391 g/mol. The predicted molar refractivity (Wildman–Crippen MR) is 116 cm³/mol. The van der Waals surface area contributed by atoms with E-state index in [1.54, 1.807) is 22.9 Å².